The molecule has 142 valence electrons. The molecule has 0 spiro atoms. The van der Waals surface area contributed by atoms with E-state index >= 15 is 0 Å². The Bertz CT molecular complexity index is 695. The van der Waals surface area contributed by atoms with Crippen molar-refractivity contribution in [1.29, 1.82) is 0 Å². The average molecular weight is 358 g/mol. The predicted octanol–water partition coefficient (Wildman–Crippen LogP) is 2.89. The zero-order valence-electron chi connectivity index (χ0n) is 15.9. The molecule has 0 saturated heterocycles. The Morgan fingerprint density at radius 1 is 1.35 bits per heavy atom. The molecule has 0 radical (unpaired) electrons. The van der Waals surface area contributed by atoms with E-state index in [4.69, 9.17) is 5.73 Å². The Balaban J connectivity index is 1.84. The summed E-state index contributed by atoms with van der Waals surface area (Å²) in [4.78, 5) is 16.7. The quantitative estimate of drug-likeness (QED) is 0.642. The fraction of sp³-hybridized carbons (Fsp3) is 0.500. The maximum absolute atomic E-state index is 12.5. The molecule has 6 heteroatoms. The number of aromatic nitrogens is 2. The molecule has 1 aromatic carbocycles. The molecule has 4 N–H and O–H groups in total. The third kappa shape index (κ3) is 5.68. The molecule has 0 aliphatic heterocycles. The third-order valence-corrected chi connectivity index (χ3v) is 4.47. The van der Waals surface area contributed by atoms with Crippen LogP contribution in [0.15, 0.2) is 42.7 Å². The maximum atomic E-state index is 12.5. The van der Waals surface area contributed by atoms with E-state index in [1.54, 1.807) is 13.1 Å². The number of carbonyl (C=O) groups is 1. The van der Waals surface area contributed by atoms with E-state index in [1.165, 1.54) is 5.56 Å². The van der Waals surface area contributed by atoms with Crippen molar-refractivity contribution >= 4 is 11.9 Å². The number of aliphatic hydroxyl groups excluding tert-OH is 1. The SMILES string of the molecule is CC(C)n1ccnc1NC(=O)C(C)(N)CC(O)CCCc1ccccc1. The van der Waals surface area contributed by atoms with Crippen molar-refractivity contribution in [3.63, 3.8) is 0 Å². The number of carbonyl (C=O) groups excluding carboxylic acids is 1. The van der Waals surface area contributed by atoms with Gasteiger partial charge in [-0.15, -0.1) is 0 Å². The first-order valence-corrected chi connectivity index (χ1v) is 9.15. The maximum Gasteiger partial charge on any atom is 0.246 e. The van der Waals surface area contributed by atoms with Crippen LogP contribution in [-0.4, -0.2) is 32.2 Å². The van der Waals surface area contributed by atoms with Gasteiger partial charge in [0.25, 0.3) is 0 Å². The van der Waals surface area contributed by atoms with Crippen LogP contribution in [0, 0.1) is 0 Å². The molecule has 26 heavy (non-hydrogen) atoms. The van der Waals surface area contributed by atoms with E-state index in [2.05, 4.69) is 22.4 Å². The summed E-state index contributed by atoms with van der Waals surface area (Å²) in [6.45, 7) is 5.66. The molecule has 0 aliphatic rings. The standard InChI is InChI=1S/C20H30N4O2/c1-15(2)24-13-12-22-19(24)23-18(26)20(3,21)14-17(25)11-7-10-16-8-5-4-6-9-16/h4-6,8-9,12-13,15,17,25H,7,10-11,14,21H2,1-3H3,(H,22,23,26). The van der Waals surface area contributed by atoms with Gasteiger partial charge in [-0.2, -0.15) is 0 Å². The number of hydrogen-bond acceptors (Lipinski definition) is 4. The van der Waals surface area contributed by atoms with Gasteiger partial charge in [0.1, 0.15) is 0 Å². The molecule has 2 unspecified atom stereocenters. The summed E-state index contributed by atoms with van der Waals surface area (Å²) in [5.74, 6) is 0.132. The van der Waals surface area contributed by atoms with Crippen molar-refractivity contribution in [3.8, 4) is 0 Å². The van der Waals surface area contributed by atoms with E-state index in [-0.39, 0.29) is 18.4 Å². The van der Waals surface area contributed by atoms with Crippen LogP contribution in [0.25, 0.3) is 0 Å². The highest BCUT2D eigenvalue weighted by Crippen LogP contribution is 2.18. The Morgan fingerprint density at radius 2 is 2.04 bits per heavy atom. The van der Waals surface area contributed by atoms with Crippen LogP contribution < -0.4 is 11.1 Å². The van der Waals surface area contributed by atoms with Gasteiger partial charge in [-0.3, -0.25) is 10.1 Å². The lowest BCUT2D eigenvalue weighted by atomic mass is 9.92. The zero-order valence-corrected chi connectivity index (χ0v) is 15.9. The predicted molar refractivity (Wildman–Crippen MR) is 104 cm³/mol. The number of nitrogens with zero attached hydrogens (tertiary/aromatic N) is 2. The van der Waals surface area contributed by atoms with Gasteiger partial charge in [0, 0.05) is 18.4 Å². The summed E-state index contributed by atoms with van der Waals surface area (Å²) >= 11 is 0. The number of nitrogens with two attached hydrogens (primary N) is 1. The third-order valence-electron chi connectivity index (χ3n) is 4.47. The molecule has 6 nitrogen and oxygen atoms in total. The number of imidazole rings is 1. The molecule has 1 aromatic heterocycles. The van der Waals surface area contributed by atoms with Crippen molar-refractivity contribution in [2.45, 2.75) is 64.1 Å². The summed E-state index contributed by atoms with van der Waals surface area (Å²) in [5, 5.41) is 13.1. The summed E-state index contributed by atoms with van der Waals surface area (Å²) in [5.41, 5.74) is 6.25. The van der Waals surface area contributed by atoms with Crippen molar-refractivity contribution in [2.24, 2.45) is 5.73 Å². The van der Waals surface area contributed by atoms with Crippen LogP contribution in [0.2, 0.25) is 0 Å². The van der Waals surface area contributed by atoms with Crippen LogP contribution in [0.1, 0.15) is 51.6 Å². The van der Waals surface area contributed by atoms with Gasteiger partial charge in [0.05, 0.1) is 11.6 Å². The van der Waals surface area contributed by atoms with Crippen LogP contribution in [0.4, 0.5) is 5.95 Å². The smallest absolute Gasteiger partial charge is 0.246 e. The summed E-state index contributed by atoms with van der Waals surface area (Å²) < 4.78 is 1.87. The first kappa shape index (κ1) is 20.1. The summed E-state index contributed by atoms with van der Waals surface area (Å²) in [6, 6.07) is 10.3. The number of amides is 1. The summed E-state index contributed by atoms with van der Waals surface area (Å²) in [7, 11) is 0. The van der Waals surface area contributed by atoms with Crippen molar-refractivity contribution in [3.05, 3.63) is 48.3 Å². The Kier molecular flexibility index (Phi) is 6.94. The van der Waals surface area contributed by atoms with Crippen molar-refractivity contribution < 1.29 is 9.90 Å². The van der Waals surface area contributed by atoms with Gasteiger partial charge >= 0.3 is 0 Å². The molecule has 2 aromatic rings. The van der Waals surface area contributed by atoms with Crippen LogP contribution >= 0.6 is 0 Å². The minimum absolute atomic E-state index is 0.181. The van der Waals surface area contributed by atoms with E-state index in [1.807, 2.05) is 42.8 Å². The Hall–Kier alpha value is -2.18. The molecular formula is C20H30N4O2. The second kappa shape index (κ2) is 8.96. The highest BCUT2D eigenvalue weighted by Gasteiger charge is 2.32. The lowest BCUT2D eigenvalue weighted by Crippen LogP contribution is -2.51. The number of benzene rings is 1. The second-order valence-electron chi connectivity index (χ2n) is 7.36. The fourth-order valence-electron chi connectivity index (χ4n) is 2.94. The number of aryl methyl sites for hydroxylation is 1. The average Bonchev–Trinajstić information content (AvgIpc) is 3.03. The molecular weight excluding hydrogens is 328 g/mol. The number of rotatable bonds is 9. The largest absolute Gasteiger partial charge is 0.393 e. The van der Waals surface area contributed by atoms with E-state index in [9.17, 15) is 9.90 Å². The Morgan fingerprint density at radius 3 is 2.69 bits per heavy atom. The highest BCUT2D eigenvalue weighted by molar-refractivity contribution is 5.96. The minimum atomic E-state index is -1.17. The monoisotopic (exact) mass is 358 g/mol. The van der Waals surface area contributed by atoms with Gasteiger partial charge in [-0.1, -0.05) is 30.3 Å². The minimum Gasteiger partial charge on any atom is -0.393 e. The molecule has 1 heterocycles. The number of nitrogens with one attached hydrogen (secondary N) is 1. The van der Waals surface area contributed by atoms with Crippen LogP contribution in [-0.2, 0) is 11.2 Å². The molecule has 1 amide bonds. The molecule has 0 saturated carbocycles. The number of aliphatic hydroxyl groups is 1. The van der Waals surface area contributed by atoms with Crippen molar-refractivity contribution in [2.75, 3.05) is 5.32 Å². The molecule has 0 fully saturated rings. The van der Waals surface area contributed by atoms with Gasteiger partial charge < -0.3 is 15.4 Å². The molecule has 2 rings (SSSR count). The lowest BCUT2D eigenvalue weighted by Gasteiger charge is -2.26. The molecule has 0 aliphatic carbocycles. The van der Waals surface area contributed by atoms with Crippen molar-refractivity contribution in [1.82, 2.24) is 9.55 Å². The summed E-state index contributed by atoms with van der Waals surface area (Å²) in [6.07, 6.45) is 5.39. The van der Waals surface area contributed by atoms with E-state index in [0.717, 1.165) is 12.8 Å². The first-order valence-electron chi connectivity index (χ1n) is 9.15. The van der Waals surface area contributed by atoms with Gasteiger partial charge in [0.15, 0.2) is 0 Å². The first-order chi connectivity index (χ1) is 12.3. The van der Waals surface area contributed by atoms with Crippen LogP contribution in [0.3, 0.4) is 0 Å². The zero-order chi connectivity index (χ0) is 19.2. The highest BCUT2D eigenvalue weighted by atomic mass is 16.3. The lowest BCUT2D eigenvalue weighted by molar-refractivity contribution is -0.121. The fourth-order valence-corrected chi connectivity index (χ4v) is 2.94. The normalized spacial score (nSPS) is 14.8. The number of anilines is 1. The van der Waals surface area contributed by atoms with E-state index < -0.39 is 11.6 Å². The topological polar surface area (TPSA) is 93.2 Å². The molecule has 0 bridgehead atoms. The van der Waals surface area contributed by atoms with Gasteiger partial charge in [0.2, 0.25) is 11.9 Å². The second-order valence-corrected chi connectivity index (χ2v) is 7.36. The van der Waals surface area contributed by atoms with Crippen LogP contribution in [0.5, 0.6) is 0 Å². The Labute approximate surface area is 155 Å². The van der Waals surface area contributed by atoms with Gasteiger partial charge in [-0.25, -0.2) is 4.98 Å². The van der Waals surface area contributed by atoms with Gasteiger partial charge in [-0.05, 0) is 52.0 Å². The number of hydrogen-bond donors (Lipinski definition) is 3. The van der Waals surface area contributed by atoms with E-state index in [0.29, 0.717) is 12.4 Å². The molecule has 2 atom stereocenters.